The van der Waals surface area contributed by atoms with Crippen LogP contribution in [0.15, 0.2) is 40.2 Å². The number of benzene rings is 1. The van der Waals surface area contributed by atoms with Crippen LogP contribution < -0.4 is 0 Å². The van der Waals surface area contributed by atoms with E-state index >= 15 is 0 Å². The summed E-state index contributed by atoms with van der Waals surface area (Å²) in [5.41, 5.74) is 2.63. The van der Waals surface area contributed by atoms with Gasteiger partial charge in [-0.05, 0) is 34.0 Å². The lowest BCUT2D eigenvalue weighted by Crippen LogP contribution is -1.74. The van der Waals surface area contributed by atoms with E-state index in [0.29, 0.717) is 0 Å². The van der Waals surface area contributed by atoms with Gasteiger partial charge in [0, 0.05) is 14.7 Å². The zero-order valence-corrected chi connectivity index (χ0v) is 9.65. The number of thiophene rings is 1. The summed E-state index contributed by atoms with van der Waals surface area (Å²) in [4.78, 5) is 1.35. The molecule has 0 atom stereocenters. The Hall–Kier alpha value is -0.600. The zero-order valence-electron chi connectivity index (χ0n) is 7.25. The summed E-state index contributed by atoms with van der Waals surface area (Å²) in [6.07, 6.45) is 0. The Morgan fingerprint density at radius 1 is 1.15 bits per heavy atom. The van der Waals surface area contributed by atoms with E-state index in [0.717, 1.165) is 0 Å². The second-order valence-corrected chi connectivity index (χ2v) is 4.64. The van der Waals surface area contributed by atoms with E-state index in [2.05, 4.69) is 52.5 Å². The molecule has 0 fully saturated rings. The lowest BCUT2D eigenvalue weighted by Gasteiger charge is -1.98. The molecule has 2 heteroatoms. The Bertz CT molecular complexity index is 403. The van der Waals surface area contributed by atoms with E-state index in [1.165, 1.54) is 20.5 Å². The van der Waals surface area contributed by atoms with Crippen LogP contribution in [0.5, 0.6) is 0 Å². The average Bonchev–Trinajstić information content (AvgIpc) is 2.49. The van der Waals surface area contributed by atoms with Gasteiger partial charge in [0.25, 0.3) is 0 Å². The van der Waals surface area contributed by atoms with Crippen LogP contribution in [0.1, 0.15) is 5.56 Å². The zero-order chi connectivity index (χ0) is 9.26. The largest absolute Gasteiger partial charge is 0.142 e. The van der Waals surface area contributed by atoms with Gasteiger partial charge in [-0.2, -0.15) is 0 Å². The SMILES string of the molecule is Cc1c(Br)csc1-c1ccccc1. The normalized spacial score (nSPS) is 10.3. The molecular formula is C11H9BrS. The molecule has 0 saturated heterocycles. The lowest BCUT2D eigenvalue weighted by atomic mass is 10.1. The number of hydrogen-bond donors (Lipinski definition) is 0. The molecular weight excluding hydrogens is 244 g/mol. The van der Waals surface area contributed by atoms with Crippen LogP contribution in [0.2, 0.25) is 0 Å². The van der Waals surface area contributed by atoms with E-state index in [1.54, 1.807) is 11.3 Å². The molecule has 1 heterocycles. The van der Waals surface area contributed by atoms with Gasteiger partial charge in [-0.3, -0.25) is 0 Å². The van der Waals surface area contributed by atoms with E-state index in [1.807, 2.05) is 6.07 Å². The monoisotopic (exact) mass is 252 g/mol. The summed E-state index contributed by atoms with van der Waals surface area (Å²) in [7, 11) is 0. The van der Waals surface area contributed by atoms with Crippen LogP contribution in [0, 0.1) is 6.92 Å². The second kappa shape index (κ2) is 3.64. The van der Waals surface area contributed by atoms with Crippen molar-refractivity contribution in [2.45, 2.75) is 6.92 Å². The summed E-state index contributed by atoms with van der Waals surface area (Å²) in [5, 5.41) is 2.14. The number of hydrogen-bond acceptors (Lipinski definition) is 1. The fourth-order valence-corrected chi connectivity index (χ4v) is 2.84. The molecule has 0 saturated carbocycles. The van der Waals surface area contributed by atoms with E-state index < -0.39 is 0 Å². The molecule has 0 unspecified atom stereocenters. The maximum Gasteiger partial charge on any atom is 0.0383 e. The van der Waals surface area contributed by atoms with Crippen LogP contribution in [0.3, 0.4) is 0 Å². The minimum atomic E-state index is 1.20. The first kappa shape index (κ1) is 8.97. The summed E-state index contributed by atoms with van der Waals surface area (Å²) in [6, 6.07) is 10.5. The van der Waals surface area contributed by atoms with Gasteiger partial charge in [0.1, 0.15) is 0 Å². The Kier molecular flexibility index (Phi) is 2.51. The first-order chi connectivity index (χ1) is 6.29. The highest BCUT2D eigenvalue weighted by Gasteiger charge is 2.06. The van der Waals surface area contributed by atoms with Crippen molar-refractivity contribution in [3.63, 3.8) is 0 Å². The summed E-state index contributed by atoms with van der Waals surface area (Å²) in [6.45, 7) is 2.14. The highest BCUT2D eigenvalue weighted by molar-refractivity contribution is 9.10. The highest BCUT2D eigenvalue weighted by Crippen LogP contribution is 2.34. The van der Waals surface area contributed by atoms with Crippen LogP contribution in [0.25, 0.3) is 10.4 Å². The quantitative estimate of drug-likeness (QED) is 0.702. The van der Waals surface area contributed by atoms with Crippen molar-refractivity contribution in [3.8, 4) is 10.4 Å². The Morgan fingerprint density at radius 3 is 2.38 bits per heavy atom. The molecule has 2 aromatic rings. The molecule has 0 bridgehead atoms. The van der Waals surface area contributed by atoms with Gasteiger partial charge < -0.3 is 0 Å². The molecule has 13 heavy (non-hydrogen) atoms. The molecule has 0 amide bonds. The van der Waals surface area contributed by atoms with Crippen molar-refractivity contribution in [1.82, 2.24) is 0 Å². The molecule has 2 rings (SSSR count). The van der Waals surface area contributed by atoms with Crippen molar-refractivity contribution in [2.75, 3.05) is 0 Å². The van der Waals surface area contributed by atoms with Crippen molar-refractivity contribution < 1.29 is 0 Å². The molecule has 0 spiro atoms. The predicted octanol–water partition coefficient (Wildman–Crippen LogP) is 4.49. The maximum absolute atomic E-state index is 3.52. The first-order valence-electron chi connectivity index (χ1n) is 4.08. The third-order valence-corrected chi connectivity index (χ3v) is 4.27. The van der Waals surface area contributed by atoms with Gasteiger partial charge in [0.15, 0.2) is 0 Å². The van der Waals surface area contributed by atoms with Crippen LogP contribution in [0.4, 0.5) is 0 Å². The molecule has 1 aromatic heterocycles. The van der Waals surface area contributed by atoms with Gasteiger partial charge in [-0.1, -0.05) is 30.3 Å². The van der Waals surface area contributed by atoms with Crippen LogP contribution in [-0.2, 0) is 0 Å². The highest BCUT2D eigenvalue weighted by atomic mass is 79.9. The second-order valence-electron chi connectivity index (χ2n) is 2.90. The average molecular weight is 253 g/mol. The standard InChI is InChI=1S/C11H9BrS/c1-8-10(12)7-13-11(8)9-5-3-2-4-6-9/h2-7H,1H3. The first-order valence-corrected chi connectivity index (χ1v) is 5.75. The van der Waals surface area contributed by atoms with Crippen LogP contribution >= 0.6 is 27.3 Å². The lowest BCUT2D eigenvalue weighted by molar-refractivity contribution is 1.50. The fourth-order valence-electron chi connectivity index (χ4n) is 1.27. The minimum absolute atomic E-state index is 1.20. The summed E-state index contributed by atoms with van der Waals surface area (Å²) >= 11 is 5.31. The van der Waals surface area contributed by atoms with Crippen molar-refractivity contribution in [1.29, 1.82) is 0 Å². The van der Waals surface area contributed by atoms with Gasteiger partial charge in [-0.15, -0.1) is 11.3 Å². The van der Waals surface area contributed by atoms with Gasteiger partial charge in [0.2, 0.25) is 0 Å². The molecule has 0 aliphatic carbocycles. The molecule has 0 N–H and O–H groups in total. The molecule has 0 aliphatic rings. The third kappa shape index (κ3) is 1.69. The van der Waals surface area contributed by atoms with E-state index in [-0.39, 0.29) is 0 Å². The fraction of sp³-hybridized carbons (Fsp3) is 0.0909. The molecule has 0 nitrogen and oxygen atoms in total. The molecule has 66 valence electrons. The van der Waals surface area contributed by atoms with Crippen molar-refractivity contribution in [2.24, 2.45) is 0 Å². The van der Waals surface area contributed by atoms with Crippen molar-refractivity contribution in [3.05, 3.63) is 45.7 Å². The smallest absolute Gasteiger partial charge is 0.0383 e. The molecule has 1 aromatic carbocycles. The third-order valence-electron chi connectivity index (χ3n) is 2.02. The number of rotatable bonds is 1. The molecule has 0 radical (unpaired) electrons. The Morgan fingerprint density at radius 2 is 1.85 bits per heavy atom. The topological polar surface area (TPSA) is 0 Å². The van der Waals surface area contributed by atoms with Gasteiger partial charge in [0.05, 0.1) is 0 Å². The van der Waals surface area contributed by atoms with Gasteiger partial charge in [-0.25, -0.2) is 0 Å². The van der Waals surface area contributed by atoms with Gasteiger partial charge >= 0.3 is 0 Å². The van der Waals surface area contributed by atoms with E-state index in [9.17, 15) is 0 Å². The number of halogens is 1. The Labute approximate surface area is 90.4 Å². The van der Waals surface area contributed by atoms with Crippen molar-refractivity contribution >= 4 is 27.3 Å². The minimum Gasteiger partial charge on any atom is -0.142 e. The predicted molar refractivity (Wildman–Crippen MR) is 62.2 cm³/mol. The molecule has 0 aliphatic heterocycles. The van der Waals surface area contributed by atoms with E-state index in [4.69, 9.17) is 0 Å². The summed E-state index contributed by atoms with van der Waals surface area (Å²) < 4.78 is 1.20. The maximum atomic E-state index is 3.52. The Balaban J connectivity index is 2.53. The van der Waals surface area contributed by atoms with Crippen LogP contribution in [-0.4, -0.2) is 0 Å². The summed E-state index contributed by atoms with van der Waals surface area (Å²) in [5.74, 6) is 0.